The van der Waals surface area contributed by atoms with Crippen molar-refractivity contribution in [2.45, 2.75) is 38.3 Å². The summed E-state index contributed by atoms with van der Waals surface area (Å²) in [6, 6.07) is 12.2. The predicted molar refractivity (Wildman–Crippen MR) is 114 cm³/mol. The van der Waals surface area contributed by atoms with E-state index >= 15 is 0 Å². The Bertz CT molecular complexity index is 928. The van der Waals surface area contributed by atoms with Gasteiger partial charge in [-0.25, -0.2) is 0 Å². The molecular weight excluding hydrogens is 386 g/mol. The first kappa shape index (κ1) is 22.8. The molecule has 2 unspecified atom stereocenters. The molecule has 8 nitrogen and oxygen atoms in total. The fraction of sp³-hybridized carbons (Fsp3) is 0.273. The van der Waals surface area contributed by atoms with Crippen LogP contribution in [0.2, 0.25) is 0 Å². The lowest BCUT2D eigenvalue weighted by Gasteiger charge is -2.19. The van der Waals surface area contributed by atoms with Gasteiger partial charge in [0.25, 0.3) is 5.69 Å². The first-order valence-electron chi connectivity index (χ1n) is 9.52. The lowest BCUT2D eigenvalue weighted by atomic mass is 10.0. The first-order chi connectivity index (χ1) is 14.3. The predicted octanol–water partition coefficient (Wildman–Crippen LogP) is 3.24. The summed E-state index contributed by atoms with van der Waals surface area (Å²) in [7, 11) is 0. The fourth-order valence-electron chi connectivity index (χ4n) is 2.91. The third kappa shape index (κ3) is 6.82. The second kappa shape index (κ2) is 10.9. The summed E-state index contributed by atoms with van der Waals surface area (Å²) in [6.07, 6.45) is 3.85. The number of nitro benzene ring substituents is 1. The summed E-state index contributed by atoms with van der Waals surface area (Å²) in [5.74, 6) is -1.47. The van der Waals surface area contributed by atoms with E-state index in [9.17, 15) is 19.7 Å². The summed E-state index contributed by atoms with van der Waals surface area (Å²) < 4.78 is 0. The van der Waals surface area contributed by atoms with Gasteiger partial charge in [-0.2, -0.15) is 0 Å². The Morgan fingerprint density at radius 2 is 1.90 bits per heavy atom. The van der Waals surface area contributed by atoms with Crippen LogP contribution in [0.3, 0.4) is 0 Å². The van der Waals surface area contributed by atoms with Crippen LogP contribution >= 0.6 is 0 Å². The molecule has 0 fully saturated rings. The van der Waals surface area contributed by atoms with Gasteiger partial charge in [-0.3, -0.25) is 19.7 Å². The highest BCUT2D eigenvalue weighted by molar-refractivity contribution is 5.96. The Balaban J connectivity index is 2.19. The molecule has 2 rings (SSSR count). The second-order valence-corrected chi connectivity index (χ2v) is 6.99. The average molecular weight is 411 g/mol. The van der Waals surface area contributed by atoms with Crippen LogP contribution in [0.1, 0.15) is 24.0 Å². The SMILES string of the molecule is Cc1ccc([N+](=O)[O-])c(NC(CCC(N)C(=O)O)C(=O)/C=C/Cc2ccccc2)c1. The monoisotopic (exact) mass is 411 g/mol. The molecule has 2 aromatic rings. The lowest BCUT2D eigenvalue weighted by Crippen LogP contribution is -2.35. The Morgan fingerprint density at radius 1 is 1.20 bits per heavy atom. The second-order valence-electron chi connectivity index (χ2n) is 6.99. The Hall–Kier alpha value is -3.52. The van der Waals surface area contributed by atoms with Crippen LogP contribution in [0.25, 0.3) is 0 Å². The fourth-order valence-corrected chi connectivity index (χ4v) is 2.91. The van der Waals surface area contributed by atoms with E-state index < -0.39 is 23.0 Å². The quantitative estimate of drug-likeness (QED) is 0.293. The number of carbonyl (C=O) groups is 2. The standard InChI is InChI=1S/C22H25N3O5/c1-15-10-13-20(25(29)30)19(14-15)24-18(12-11-17(23)22(27)28)21(26)9-5-8-16-6-3-2-4-7-16/h2-7,9-10,13-14,17-18,24H,8,11-12,23H2,1H3,(H,27,28)/b9-5+. The molecule has 0 aromatic heterocycles. The van der Waals surface area contributed by atoms with E-state index in [1.165, 1.54) is 12.1 Å². The van der Waals surface area contributed by atoms with Gasteiger partial charge in [0, 0.05) is 6.07 Å². The number of carboxylic acids is 1. The van der Waals surface area contributed by atoms with E-state index in [0.29, 0.717) is 6.42 Å². The van der Waals surface area contributed by atoms with Crippen molar-refractivity contribution in [2.75, 3.05) is 5.32 Å². The number of nitrogens with two attached hydrogens (primary N) is 1. The van der Waals surface area contributed by atoms with E-state index in [2.05, 4.69) is 5.32 Å². The van der Waals surface area contributed by atoms with Crippen LogP contribution < -0.4 is 11.1 Å². The van der Waals surface area contributed by atoms with E-state index in [1.807, 2.05) is 30.3 Å². The zero-order chi connectivity index (χ0) is 22.1. The van der Waals surface area contributed by atoms with Crippen molar-refractivity contribution in [1.29, 1.82) is 0 Å². The molecule has 0 saturated carbocycles. The molecule has 0 aliphatic heterocycles. The Morgan fingerprint density at radius 3 is 2.53 bits per heavy atom. The molecule has 0 heterocycles. The molecule has 0 bridgehead atoms. The summed E-state index contributed by atoms with van der Waals surface area (Å²) in [5, 5.41) is 23.3. The topological polar surface area (TPSA) is 136 Å². The lowest BCUT2D eigenvalue weighted by molar-refractivity contribution is -0.384. The summed E-state index contributed by atoms with van der Waals surface area (Å²) in [5.41, 5.74) is 7.44. The molecule has 0 aliphatic rings. The van der Waals surface area contributed by atoms with Gasteiger partial charge in [-0.1, -0.05) is 42.5 Å². The number of hydrogen-bond acceptors (Lipinski definition) is 6. The van der Waals surface area contributed by atoms with Crippen molar-refractivity contribution >= 4 is 23.1 Å². The zero-order valence-corrected chi connectivity index (χ0v) is 16.7. The maximum absolute atomic E-state index is 12.8. The van der Waals surface area contributed by atoms with Crippen LogP contribution in [0.15, 0.2) is 60.7 Å². The number of aryl methyl sites for hydroxylation is 1. The van der Waals surface area contributed by atoms with E-state index in [0.717, 1.165) is 11.1 Å². The molecule has 0 aliphatic carbocycles. The van der Waals surface area contributed by atoms with Gasteiger partial charge < -0.3 is 16.2 Å². The molecule has 30 heavy (non-hydrogen) atoms. The number of hydrogen-bond donors (Lipinski definition) is 3. The molecule has 2 atom stereocenters. The van der Waals surface area contributed by atoms with Crippen molar-refractivity contribution < 1.29 is 19.6 Å². The van der Waals surface area contributed by atoms with Crippen molar-refractivity contribution in [2.24, 2.45) is 5.73 Å². The van der Waals surface area contributed by atoms with Crippen molar-refractivity contribution in [3.8, 4) is 0 Å². The van der Waals surface area contributed by atoms with Crippen molar-refractivity contribution in [3.63, 3.8) is 0 Å². The molecule has 0 radical (unpaired) electrons. The van der Waals surface area contributed by atoms with Gasteiger partial charge in [0.05, 0.1) is 11.0 Å². The van der Waals surface area contributed by atoms with Crippen LogP contribution in [-0.4, -0.2) is 33.9 Å². The van der Waals surface area contributed by atoms with Crippen LogP contribution in [0.5, 0.6) is 0 Å². The molecule has 0 saturated heterocycles. The molecular formula is C22H25N3O5. The summed E-state index contributed by atoms with van der Waals surface area (Å²) in [6.45, 7) is 1.78. The minimum Gasteiger partial charge on any atom is -0.480 e. The van der Waals surface area contributed by atoms with Crippen LogP contribution in [0, 0.1) is 17.0 Å². The third-order valence-corrected chi connectivity index (χ3v) is 4.58. The van der Waals surface area contributed by atoms with Crippen molar-refractivity contribution in [1.82, 2.24) is 0 Å². The van der Waals surface area contributed by atoms with Gasteiger partial charge in [-0.05, 0) is 49.5 Å². The number of anilines is 1. The number of nitrogens with one attached hydrogen (secondary N) is 1. The number of rotatable bonds is 11. The number of carbonyl (C=O) groups excluding carboxylic acids is 1. The molecule has 8 heteroatoms. The van der Waals surface area contributed by atoms with Crippen LogP contribution in [-0.2, 0) is 16.0 Å². The Labute approximate surface area is 174 Å². The van der Waals surface area contributed by atoms with E-state index in [1.54, 1.807) is 25.1 Å². The zero-order valence-electron chi connectivity index (χ0n) is 16.7. The average Bonchev–Trinajstić information content (AvgIpc) is 2.71. The largest absolute Gasteiger partial charge is 0.480 e. The van der Waals surface area contributed by atoms with Gasteiger partial charge in [0.2, 0.25) is 0 Å². The molecule has 4 N–H and O–H groups in total. The number of carboxylic acid groups (broad SMARTS) is 1. The molecule has 0 amide bonds. The first-order valence-corrected chi connectivity index (χ1v) is 9.52. The summed E-state index contributed by atoms with van der Waals surface area (Å²) >= 11 is 0. The highest BCUT2D eigenvalue weighted by Gasteiger charge is 2.23. The number of nitrogens with zero attached hydrogens (tertiary/aromatic N) is 1. The maximum Gasteiger partial charge on any atom is 0.320 e. The van der Waals surface area contributed by atoms with E-state index in [4.69, 9.17) is 10.8 Å². The number of benzene rings is 2. The van der Waals surface area contributed by atoms with Gasteiger partial charge in [-0.15, -0.1) is 0 Å². The van der Waals surface area contributed by atoms with E-state index in [-0.39, 0.29) is 30.0 Å². The van der Waals surface area contributed by atoms with Gasteiger partial charge >= 0.3 is 5.97 Å². The highest BCUT2D eigenvalue weighted by atomic mass is 16.6. The normalized spacial score (nSPS) is 13.0. The van der Waals surface area contributed by atoms with Crippen LogP contribution in [0.4, 0.5) is 11.4 Å². The van der Waals surface area contributed by atoms with Gasteiger partial charge in [0.1, 0.15) is 11.7 Å². The third-order valence-electron chi connectivity index (χ3n) is 4.58. The highest BCUT2D eigenvalue weighted by Crippen LogP contribution is 2.27. The number of allylic oxidation sites excluding steroid dienone is 1. The maximum atomic E-state index is 12.8. The number of aliphatic carboxylic acids is 1. The minimum absolute atomic E-state index is 0.0465. The molecule has 0 spiro atoms. The van der Waals surface area contributed by atoms with Crippen molar-refractivity contribution in [3.05, 3.63) is 81.9 Å². The minimum atomic E-state index is -1.16. The molecule has 2 aromatic carbocycles. The Kier molecular flexibility index (Phi) is 8.25. The number of ketones is 1. The van der Waals surface area contributed by atoms with Gasteiger partial charge in [0.15, 0.2) is 5.78 Å². The molecule has 158 valence electrons. The smallest absolute Gasteiger partial charge is 0.320 e. The summed E-state index contributed by atoms with van der Waals surface area (Å²) in [4.78, 5) is 34.6. The number of nitro groups is 1.